The molecule has 7 heteroatoms. The Morgan fingerprint density at radius 1 is 0.935 bits per heavy atom. The Hall–Kier alpha value is -3.35. The van der Waals surface area contributed by atoms with Crippen LogP contribution in [0.1, 0.15) is 23.7 Å². The monoisotopic (exact) mass is 421 g/mol. The summed E-state index contributed by atoms with van der Waals surface area (Å²) in [6.07, 6.45) is 0.173. The van der Waals surface area contributed by atoms with E-state index in [9.17, 15) is 14.4 Å². The molecule has 2 aromatic carbocycles. The maximum absolute atomic E-state index is 12.7. The minimum Gasteiger partial charge on any atom is -0.466 e. The third-order valence-corrected chi connectivity index (χ3v) is 5.85. The van der Waals surface area contributed by atoms with Crippen molar-refractivity contribution in [1.82, 2.24) is 4.90 Å². The molecule has 0 radical (unpaired) electrons. The van der Waals surface area contributed by atoms with E-state index in [-0.39, 0.29) is 24.2 Å². The van der Waals surface area contributed by atoms with Crippen LogP contribution in [0, 0.1) is 5.92 Å². The van der Waals surface area contributed by atoms with E-state index >= 15 is 0 Å². The first kappa shape index (κ1) is 20.9. The second-order valence-corrected chi connectivity index (χ2v) is 7.79. The van der Waals surface area contributed by atoms with E-state index in [0.29, 0.717) is 44.9 Å². The predicted molar refractivity (Wildman–Crippen MR) is 118 cm³/mol. The molecule has 0 bridgehead atoms. The summed E-state index contributed by atoms with van der Waals surface area (Å²) in [6.45, 7) is 5.00. The van der Waals surface area contributed by atoms with Crippen molar-refractivity contribution >= 4 is 29.2 Å². The zero-order chi connectivity index (χ0) is 21.8. The molecule has 2 aromatic rings. The molecular weight excluding hydrogens is 394 g/mol. The zero-order valence-electron chi connectivity index (χ0n) is 17.7. The van der Waals surface area contributed by atoms with Gasteiger partial charge in [-0.3, -0.25) is 14.4 Å². The molecule has 0 spiro atoms. The van der Waals surface area contributed by atoms with Gasteiger partial charge in [0, 0.05) is 44.7 Å². The number of rotatable bonds is 5. The van der Waals surface area contributed by atoms with Crippen molar-refractivity contribution in [2.75, 3.05) is 49.1 Å². The van der Waals surface area contributed by atoms with Crippen LogP contribution in [0.4, 0.5) is 11.4 Å². The van der Waals surface area contributed by atoms with E-state index in [4.69, 9.17) is 4.74 Å². The molecule has 2 amide bonds. The van der Waals surface area contributed by atoms with Gasteiger partial charge in [0.25, 0.3) is 5.91 Å². The lowest BCUT2D eigenvalue weighted by Gasteiger charge is -2.37. The molecule has 31 heavy (non-hydrogen) atoms. The molecule has 0 saturated carbocycles. The van der Waals surface area contributed by atoms with Crippen LogP contribution in [0.25, 0.3) is 0 Å². The molecule has 2 aliphatic rings. The van der Waals surface area contributed by atoms with Crippen LogP contribution in [0.15, 0.2) is 54.6 Å². The standard InChI is InChI=1S/C24H27N3O4/c1-2-31-24(30)19-16-22(28)27(17-19)21-11-7-6-10-20(21)25-12-14-26(15-13-25)23(29)18-8-4-3-5-9-18/h3-11,19H,2,12-17H2,1H3/t19-/m0/s1. The fourth-order valence-corrected chi connectivity index (χ4v) is 4.23. The number of para-hydroxylation sites is 2. The van der Waals surface area contributed by atoms with Gasteiger partial charge in [0.15, 0.2) is 0 Å². The van der Waals surface area contributed by atoms with Crippen LogP contribution in [-0.2, 0) is 14.3 Å². The molecule has 0 aromatic heterocycles. The Kier molecular flexibility index (Phi) is 6.21. The number of ether oxygens (including phenoxy) is 1. The van der Waals surface area contributed by atoms with Gasteiger partial charge in [-0.1, -0.05) is 30.3 Å². The van der Waals surface area contributed by atoms with Crippen LogP contribution in [0.5, 0.6) is 0 Å². The van der Waals surface area contributed by atoms with Gasteiger partial charge in [0.2, 0.25) is 5.91 Å². The molecule has 2 fully saturated rings. The van der Waals surface area contributed by atoms with Crippen LogP contribution in [0.3, 0.4) is 0 Å². The number of hydrogen-bond donors (Lipinski definition) is 0. The summed E-state index contributed by atoms with van der Waals surface area (Å²) in [7, 11) is 0. The van der Waals surface area contributed by atoms with Gasteiger partial charge >= 0.3 is 5.97 Å². The second-order valence-electron chi connectivity index (χ2n) is 7.79. The van der Waals surface area contributed by atoms with Gasteiger partial charge < -0.3 is 19.4 Å². The normalized spacial score (nSPS) is 18.9. The smallest absolute Gasteiger partial charge is 0.311 e. The molecule has 2 saturated heterocycles. The van der Waals surface area contributed by atoms with Gasteiger partial charge in [0.1, 0.15) is 0 Å². The summed E-state index contributed by atoms with van der Waals surface area (Å²) in [5.41, 5.74) is 2.46. The highest BCUT2D eigenvalue weighted by Crippen LogP contribution is 2.34. The summed E-state index contributed by atoms with van der Waals surface area (Å²) in [5.74, 6) is -0.770. The molecule has 2 aliphatic heterocycles. The number of benzene rings is 2. The lowest BCUT2D eigenvalue weighted by atomic mass is 10.1. The number of carbonyl (C=O) groups excluding carboxylic acids is 3. The van der Waals surface area contributed by atoms with Gasteiger partial charge in [-0.05, 0) is 31.2 Å². The lowest BCUT2D eigenvalue weighted by Crippen LogP contribution is -2.49. The van der Waals surface area contributed by atoms with Gasteiger partial charge in [-0.2, -0.15) is 0 Å². The maximum atomic E-state index is 12.7. The Morgan fingerprint density at radius 2 is 1.58 bits per heavy atom. The molecule has 0 unspecified atom stereocenters. The Labute approximate surface area is 182 Å². The number of amides is 2. The van der Waals surface area contributed by atoms with Crippen LogP contribution >= 0.6 is 0 Å². The van der Waals surface area contributed by atoms with Gasteiger partial charge in [-0.25, -0.2) is 0 Å². The van der Waals surface area contributed by atoms with E-state index in [1.165, 1.54) is 0 Å². The van der Waals surface area contributed by atoms with E-state index < -0.39 is 5.92 Å². The molecule has 162 valence electrons. The average Bonchev–Trinajstić information content (AvgIpc) is 3.21. The third-order valence-electron chi connectivity index (χ3n) is 5.85. The number of esters is 1. The fraction of sp³-hybridized carbons (Fsp3) is 0.375. The Morgan fingerprint density at radius 3 is 2.26 bits per heavy atom. The van der Waals surface area contributed by atoms with Crippen molar-refractivity contribution in [2.45, 2.75) is 13.3 Å². The summed E-state index contributed by atoms with van der Waals surface area (Å²) < 4.78 is 5.11. The minimum atomic E-state index is -0.430. The molecule has 2 heterocycles. The van der Waals surface area contributed by atoms with Crippen LogP contribution in [-0.4, -0.2) is 62.0 Å². The van der Waals surface area contributed by atoms with E-state index in [2.05, 4.69) is 4.90 Å². The molecule has 7 nitrogen and oxygen atoms in total. The van der Waals surface area contributed by atoms with Crippen LogP contribution in [0.2, 0.25) is 0 Å². The Balaban J connectivity index is 1.46. The fourth-order valence-electron chi connectivity index (χ4n) is 4.23. The maximum Gasteiger partial charge on any atom is 0.311 e. The lowest BCUT2D eigenvalue weighted by molar-refractivity contribution is -0.147. The number of nitrogens with zero attached hydrogens (tertiary/aromatic N) is 3. The summed E-state index contributed by atoms with van der Waals surface area (Å²) >= 11 is 0. The van der Waals surface area contributed by atoms with Crippen LogP contribution < -0.4 is 9.80 Å². The van der Waals surface area contributed by atoms with Crippen molar-refractivity contribution in [3.05, 3.63) is 60.2 Å². The summed E-state index contributed by atoms with van der Waals surface area (Å²) in [6, 6.07) is 17.1. The second kappa shape index (κ2) is 9.20. The van der Waals surface area contributed by atoms with E-state index in [1.54, 1.807) is 11.8 Å². The quantitative estimate of drug-likeness (QED) is 0.694. The Bertz CT molecular complexity index is 954. The minimum absolute atomic E-state index is 0.0422. The first-order chi connectivity index (χ1) is 15.1. The highest BCUT2D eigenvalue weighted by Gasteiger charge is 2.37. The van der Waals surface area contributed by atoms with Gasteiger partial charge in [0.05, 0.1) is 23.9 Å². The number of piperazine rings is 1. The van der Waals surface area contributed by atoms with Crippen molar-refractivity contribution in [3.8, 4) is 0 Å². The third kappa shape index (κ3) is 4.40. The highest BCUT2D eigenvalue weighted by molar-refractivity contribution is 6.02. The van der Waals surface area contributed by atoms with Gasteiger partial charge in [-0.15, -0.1) is 0 Å². The predicted octanol–water partition coefficient (Wildman–Crippen LogP) is 2.57. The number of hydrogen-bond acceptors (Lipinski definition) is 5. The number of carbonyl (C=O) groups is 3. The molecule has 4 rings (SSSR count). The van der Waals surface area contributed by atoms with Crippen molar-refractivity contribution in [3.63, 3.8) is 0 Å². The summed E-state index contributed by atoms with van der Waals surface area (Å²) in [4.78, 5) is 43.3. The van der Waals surface area contributed by atoms with E-state index in [1.807, 2.05) is 59.5 Å². The first-order valence-electron chi connectivity index (χ1n) is 10.7. The molecular formula is C24H27N3O4. The topological polar surface area (TPSA) is 70.2 Å². The van der Waals surface area contributed by atoms with E-state index in [0.717, 1.165) is 11.4 Å². The molecule has 0 N–H and O–H groups in total. The highest BCUT2D eigenvalue weighted by atomic mass is 16.5. The van der Waals surface area contributed by atoms with Crippen molar-refractivity contribution in [1.29, 1.82) is 0 Å². The average molecular weight is 421 g/mol. The molecule has 0 aliphatic carbocycles. The zero-order valence-corrected chi connectivity index (χ0v) is 17.7. The SMILES string of the molecule is CCOC(=O)[C@H]1CC(=O)N(c2ccccc2N2CCN(C(=O)c3ccccc3)CC2)C1. The van der Waals surface area contributed by atoms with Crippen molar-refractivity contribution < 1.29 is 19.1 Å². The summed E-state index contributed by atoms with van der Waals surface area (Å²) in [5, 5.41) is 0. The molecule has 1 atom stereocenters. The number of anilines is 2. The first-order valence-corrected chi connectivity index (χ1v) is 10.7. The largest absolute Gasteiger partial charge is 0.466 e. The van der Waals surface area contributed by atoms with Crippen molar-refractivity contribution in [2.24, 2.45) is 5.92 Å².